The second kappa shape index (κ2) is 5.25. The zero-order valence-corrected chi connectivity index (χ0v) is 9.59. The number of rotatable bonds is 4. The third kappa shape index (κ3) is 2.91. The Balaban J connectivity index is 2.10. The molecule has 0 N–H and O–H groups in total. The highest BCUT2D eigenvalue weighted by Gasteiger charge is 1.99. The molecule has 1 aromatic carbocycles. The van der Waals surface area contributed by atoms with Crippen LogP contribution in [0.2, 0.25) is 0 Å². The summed E-state index contributed by atoms with van der Waals surface area (Å²) in [7, 11) is 0. The van der Waals surface area contributed by atoms with Gasteiger partial charge in [-0.05, 0) is 30.2 Å². The van der Waals surface area contributed by atoms with Crippen LogP contribution in [-0.2, 0) is 6.42 Å². The van der Waals surface area contributed by atoms with E-state index in [1.807, 2.05) is 24.3 Å². The van der Waals surface area contributed by atoms with Gasteiger partial charge in [-0.1, -0.05) is 19.1 Å². The molecule has 2 aromatic rings. The van der Waals surface area contributed by atoms with Gasteiger partial charge in [-0.3, -0.25) is 4.79 Å². The van der Waals surface area contributed by atoms with Crippen molar-refractivity contribution in [1.29, 1.82) is 0 Å². The van der Waals surface area contributed by atoms with Crippen LogP contribution in [-0.4, -0.2) is 11.3 Å². The second-order valence-electron chi connectivity index (χ2n) is 3.65. The fraction of sp³-hybridized carbons (Fsp3) is 0.143. The number of nitrogens with zero attached hydrogens (tertiary/aromatic N) is 1. The summed E-state index contributed by atoms with van der Waals surface area (Å²) in [5, 5.41) is 0. The molecule has 0 radical (unpaired) electrons. The van der Waals surface area contributed by atoms with Gasteiger partial charge in [0.15, 0.2) is 6.29 Å². The highest BCUT2D eigenvalue weighted by atomic mass is 16.5. The summed E-state index contributed by atoms with van der Waals surface area (Å²) in [6, 6.07) is 11.2. The third-order valence-electron chi connectivity index (χ3n) is 2.45. The lowest BCUT2D eigenvalue weighted by Crippen LogP contribution is -1.89. The molecule has 1 aromatic heterocycles. The van der Waals surface area contributed by atoms with Crippen molar-refractivity contribution in [1.82, 2.24) is 4.98 Å². The molecule has 2 rings (SSSR count). The Hall–Kier alpha value is -2.16. The molecule has 0 spiro atoms. The summed E-state index contributed by atoms with van der Waals surface area (Å²) in [6.07, 6.45) is 3.25. The summed E-state index contributed by atoms with van der Waals surface area (Å²) in [6.45, 7) is 2.11. The van der Waals surface area contributed by atoms with Gasteiger partial charge in [-0.25, -0.2) is 4.98 Å². The molecular formula is C14H13NO2. The van der Waals surface area contributed by atoms with Gasteiger partial charge in [0.1, 0.15) is 5.75 Å². The number of ether oxygens (including phenoxy) is 1. The van der Waals surface area contributed by atoms with Crippen LogP contribution in [0.1, 0.15) is 22.8 Å². The van der Waals surface area contributed by atoms with Crippen molar-refractivity contribution in [3.05, 3.63) is 53.7 Å². The van der Waals surface area contributed by atoms with E-state index in [2.05, 4.69) is 11.9 Å². The van der Waals surface area contributed by atoms with Crippen LogP contribution in [0.3, 0.4) is 0 Å². The molecule has 3 nitrogen and oxygen atoms in total. The van der Waals surface area contributed by atoms with E-state index in [0.29, 0.717) is 11.4 Å². The van der Waals surface area contributed by atoms with E-state index in [1.54, 1.807) is 12.1 Å². The number of benzene rings is 1. The van der Waals surface area contributed by atoms with Crippen LogP contribution in [0.5, 0.6) is 11.6 Å². The van der Waals surface area contributed by atoms with Crippen molar-refractivity contribution >= 4 is 6.29 Å². The molecule has 0 unspecified atom stereocenters. The average Bonchev–Trinajstić information content (AvgIpc) is 2.40. The molecule has 0 aliphatic carbocycles. The molecule has 0 amide bonds. The number of hydrogen-bond donors (Lipinski definition) is 0. The number of hydrogen-bond acceptors (Lipinski definition) is 3. The predicted molar refractivity (Wildman–Crippen MR) is 65.5 cm³/mol. The van der Waals surface area contributed by atoms with E-state index in [0.717, 1.165) is 18.5 Å². The number of aromatic nitrogens is 1. The van der Waals surface area contributed by atoms with Gasteiger partial charge in [0.2, 0.25) is 5.88 Å². The first kappa shape index (κ1) is 11.3. The summed E-state index contributed by atoms with van der Waals surface area (Å²) in [5.41, 5.74) is 1.81. The smallest absolute Gasteiger partial charge is 0.219 e. The Morgan fingerprint density at radius 3 is 2.47 bits per heavy atom. The highest BCUT2D eigenvalue weighted by Crippen LogP contribution is 2.19. The quantitative estimate of drug-likeness (QED) is 0.752. The molecule has 1 heterocycles. The van der Waals surface area contributed by atoms with E-state index in [4.69, 9.17) is 4.74 Å². The summed E-state index contributed by atoms with van der Waals surface area (Å²) in [4.78, 5) is 14.5. The Morgan fingerprint density at radius 2 is 1.94 bits per heavy atom. The maximum Gasteiger partial charge on any atom is 0.219 e. The van der Waals surface area contributed by atoms with Gasteiger partial charge in [0.25, 0.3) is 0 Å². The lowest BCUT2D eigenvalue weighted by Gasteiger charge is -2.05. The normalized spacial score (nSPS) is 9.94. The van der Waals surface area contributed by atoms with E-state index in [9.17, 15) is 4.79 Å². The maximum absolute atomic E-state index is 10.5. The SMILES string of the molecule is CCc1ccc(Oc2ccc(C=O)cn2)cc1. The van der Waals surface area contributed by atoms with Gasteiger partial charge >= 0.3 is 0 Å². The first-order chi connectivity index (χ1) is 8.31. The van der Waals surface area contributed by atoms with Gasteiger partial charge < -0.3 is 4.74 Å². The molecule has 17 heavy (non-hydrogen) atoms. The molecule has 0 saturated carbocycles. The van der Waals surface area contributed by atoms with Crippen LogP contribution in [0.15, 0.2) is 42.6 Å². The Morgan fingerprint density at radius 1 is 1.18 bits per heavy atom. The minimum absolute atomic E-state index is 0.486. The molecule has 3 heteroatoms. The third-order valence-corrected chi connectivity index (χ3v) is 2.45. The van der Waals surface area contributed by atoms with Crippen LogP contribution in [0.4, 0.5) is 0 Å². The van der Waals surface area contributed by atoms with Crippen LogP contribution in [0, 0.1) is 0 Å². The average molecular weight is 227 g/mol. The first-order valence-corrected chi connectivity index (χ1v) is 5.50. The topological polar surface area (TPSA) is 39.2 Å². The molecule has 0 atom stereocenters. The molecular weight excluding hydrogens is 214 g/mol. The Labute approximate surface area is 100 Å². The standard InChI is InChI=1S/C14H13NO2/c1-2-11-3-6-13(7-4-11)17-14-8-5-12(10-16)9-15-14/h3-10H,2H2,1H3. The lowest BCUT2D eigenvalue weighted by atomic mass is 10.2. The maximum atomic E-state index is 10.5. The van der Waals surface area contributed by atoms with Gasteiger partial charge in [0, 0.05) is 17.8 Å². The largest absolute Gasteiger partial charge is 0.439 e. The fourth-order valence-electron chi connectivity index (χ4n) is 1.44. The summed E-state index contributed by atoms with van der Waals surface area (Å²) >= 11 is 0. The number of aldehydes is 1. The van der Waals surface area contributed by atoms with Crippen molar-refractivity contribution in [3.63, 3.8) is 0 Å². The number of carbonyl (C=O) groups is 1. The van der Waals surface area contributed by atoms with E-state index in [-0.39, 0.29) is 0 Å². The number of carbonyl (C=O) groups excluding carboxylic acids is 1. The van der Waals surface area contributed by atoms with Crippen molar-refractivity contribution in [2.24, 2.45) is 0 Å². The van der Waals surface area contributed by atoms with Crippen LogP contribution in [0.25, 0.3) is 0 Å². The molecule has 0 bridgehead atoms. The molecule has 0 aliphatic rings. The molecule has 86 valence electrons. The number of aryl methyl sites for hydroxylation is 1. The first-order valence-electron chi connectivity index (χ1n) is 5.50. The Bertz CT molecular complexity index is 489. The predicted octanol–water partition coefficient (Wildman–Crippen LogP) is 3.25. The highest BCUT2D eigenvalue weighted by molar-refractivity contribution is 5.74. The number of pyridine rings is 1. The van der Waals surface area contributed by atoms with E-state index < -0.39 is 0 Å². The fourth-order valence-corrected chi connectivity index (χ4v) is 1.44. The second-order valence-corrected chi connectivity index (χ2v) is 3.65. The molecule has 0 saturated heterocycles. The van der Waals surface area contributed by atoms with Gasteiger partial charge in [0.05, 0.1) is 0 Å². The van der Waals surface area contributed by atoms with Crippen LogP contribution < -0.4 is 4.74 Å². The van der Waals surface area contributed by atoms with Crippen molar-refractivity contribution in [2.45, 2.75) is 13.3 Å². The zero-order chi connectivity index (χ0) is 12.1. The van der Waals surface area contributed by atoms with Gasteiger partial charge in [-0.2, -0.15) is 0 Å². The molecule has 0 fully saturated rings. The van der Waals surface area contributed by atoms with Crippen molar-refractivity contribution in [2.75, 3.05) is 0 Å². The van der Waals surface area contributed by atoms with Crippen LogP contribution >= 0.6 is 0 Å². The van der Waals surface area contributed by atoms with Crippen molar-refractivity contribution < 1.29 is 9.53 Å². The minimum atomic E-state index is 0.486. The summed E-state index contributed by atoms with van der Waals surface area (Å²) in [5.74, 6) is 1.23. The monoisotopic (exact) mass is 227 g/mol. The zero-order valence-electron chi connectivity index (χ0n) is 9.59. The lowest BCUT2D eigenvalue weighted by molar-refractivity contribution is 0.112. The minimum Gasteiger partial charge on any atom is -0.439 e. The van der Waals surface area contributed by atoms with Gasteiger partial charge in [-0.15, -0.1) is 0 Å². The van der Waals surface area contributed by atoms with Crippen molar-refractivity contribution in [3.8, 4) is 11.6 Å². The molecule has 0 aliphatic heterocycles. The van der Waals surface area contributed by atoms with E-state index >= 15 is 0 Å². The van der Waals surface area contributed by atoms with E-state index in [1.165, 1.54) is 11.8 Å². The summed E-state index contributed by atoms with van der Waals surface area (Å²) < 4.78 is 5.55. The Kier molecular flexibility index (Phi) is 3.50.